The molecule has 0 saturated heterocycles. The number of anilines is 2. The Labute approximate surface area is 127 Å². The Kier molecular flexibility index (Phi) is 4.33. The molecule has 1 heterocycles. The number of phenolic OH excluding ortho intramolecular Hbond substituents is 1. The van der Waals surface area contributed by atoms with Gasteiger partial charge in [0, 0.05) is 11.1 Å². The first kappa shape index (κ1) is 15.5. The third-order valence-electron chi connectivity index (χ3n) is 2.47. The van der Waals surface area contributed by atoms with Crippen LogP contribution in [0.2, 0.25) is 0 Å². The quantitative estimate of drug-likeness (QED) is 0.573. The summed E-state index contributed by atoms with van der Waals surface area (Å²) < 4.78 is 37.3. The minimum Gasteiger partial charge on any atom is -0.508 e. The highest BCUT2D eigenvalue weighted by Crippen LogP contribution is 2.31. The van der Waals surface area contributed by atoms with E-state index < -0.39 is 11.9 Å². The number of thiazole rings is 1. The number of aromatic hydroxyl groups is 1. The lowest BCUT2D eigenvalue weighted by Crippen LogP contribution is -2.19. The number of nitrogens with zero attached hydrogens (tertiary/aromatic N) is 1. The zero-order chi connectivity index (χ0) is 15.6. The van der Waals surface area contributed by atoms with Crippen molar-refractivity contribution in [3.05, 3.63) is 34.8 Å². The van der Waals surface area contributed by atoms with Gasteiger partial charge in [0.05, 0.1) is 0 Å². The van der Waals surface area contributed by atoms with Crippen LogP contribution in [0.3, 0.4) is 0 Å². The number of hydrogen-bond acceptors (Lipinski definition) is 4. The van der Waals surface area contributed by atoms with Gasteiger partial charge in [0.15, 0.2) is 15.9 Å². The maximum Gasteiger partial charge on any atom is 0.434 e. The van der Waals surface area contributed by atoms with Gasteiger partial charge in [-0.25, -0.2) is 4.98 Å². The van der Waals surface area contributed by atoms with E-state index in [1.165, 1.54) is 12.1 Å². The van der Waals surface area contributed by atoms with Crippen molar-refractivity contribution in [2.75, 3.05) is 10.6 Å². The molecule has 1 aromatic carbocycles. The lowest BCUT2D eigenvalue weighted by molar-refractivity contribution is -0.140. The number of thiocarbonyl (C=S) groups is 1. The second-order valence-corrected chi connectivity index (χ2v) is 5.38. The smallest absolute Gasteiger partial charge is 0.434 e. The van der Waals surface area contributed by atoms with Gasteiger partial charge in [-0.15, -0.1) is 11.3 Å². The van der Waals surface area contributed by atoms with Crippen molar-refractivity contribution in [3.63, 3.8) is 0 Å². The summed E-state index contributed by atoms with van der Waals surface area (Å²) in [7, 11) is 0. The Morgan fingerprint density at radius 2 is 2.05 bits per heavy atom. The predicted molar refractivity (Wildman–Crippen MR) is 79.8 cm³/mol. The van der Waals surface area contributed by atoms with Gasteiger partial charge in [0.25, 0.3) is 0 Å². The number of aromatic nitrogens is 1. The summed E-state index contributed by atoms with van der Waals surface area (Å²) in [6, 6.07) is 4.63. The number of hydrogen-bond donors (Lipinski definition) is 3. The van der Waals surface area contributed by atoms with Crippen molar-refractivity contribution < 1.29 is 18.3 Å². The molecule has 0 atom stereocenters. The number of halogens is 3. The van der Waals surface area contributed by atoms with E-state index in [4.69, 9.17) is 12.2 Å². The molecule has 2 rings (SSSR count). The molecule has 1 aromatic heterocycles. The summed E-state index contributed by atoms with van der Waals surface area (Å²) in [5.41, 5.74) is 0.422. The van der Waals surface area contributed by atoms with Crippen molar-refractivity contribution in [2.45, 2.75) is 13.1 Å². The lowest BCUT2D eigenvalue weighted by atomic mass is 10.2. The van der Waals surface area contributed by atoms with Crippen molar-refractivity contribution in [3.8, 4) is 5.75 Å². The van der Waals surface area contributed by atoms with Crippen LogP contribution in [0.5, 0.6) is 5.75 Å². The van der Waals surface area contributed by atoms with Crippen LogP contribution < -0.4 is 10.6 Å². The van der Waals surface area contributed by atoms with Gasteiger partial charge < -0.3 is 15.7 Å². The van der Waals surface area contributed by atoms with Crippen LogP contribution in [0.4, 0.5) is 24.0 Å². The average molecular weight is 333 g/mol. The van der Waals surface area contributed by atoms with E-state index in [1.54, 1.807) is 13.0 Å². The van der Waals surface area contributed by atoms with Crippen molar-refractivity contribution in [1.29, 1.82) is 0 Å². The van der Waals surface area contributed by atoms with Gasteiger partial charge in [-0.2, -0.15) is 13.2 Å². The molecule has 112 valence electrons. The molecule has 0 amide bonds. The second kappa shape index (κ2) is 5.86. The fourth-order valence-electron chi connectivity index (χ4n) is 1.50. The maximum absolute atomic E-state index is 12.4. The summed E-state index contributed by atoms with van der Waals surface area (Å²) in [6.07, 6.45) is -4.47. The molecular weight excluding hydrogens is 323 g/mol. The summed E-state index contributed by atoms with van der Waals surface area (Å²) in [5.74, 6) is 0.117. The Balaban J connectivity index is 2.03. The largest absolute Gasteiger partial charge is 0.508 e. The summed E-state index contributed by atoms with van der Waals surface area (Å²) in [6.45, 7) is 1.76. The van der Waals surface area contributed by atoms with Gasteiger partial charge in [0.2, 0.25) is 0 Å². The van der Waals surface area contributed by atoms with Gasteiger partial charge in [0.1, 0.15) is 5.75 Å². The van der Waals surface area contributed by atoms with Crippen LogP contribution in [0.25, 0.3) is 0 Å². The highest BCUT2D eigenvalue weighted by atomic mass is 32.1. The van der Waals surface area contributed by atoms with Gasteiger partial charge in [-0.3, -0.25) is 0 Å². The maximum atomic E-state index is 12.4. The van der Waals surface area contributed by atoms with Crippen LogP contribution in [0.1, 0.15) is 11.3 Å². The molecule has 0 aliphatic carbocycles. The Hall–Kier alpha value is -1.87. The fraction of sp³-hybridized carbons (Fsp3) is 0.167. The number of aryl methyl sites for hydroxylation is 1. The molecule has 3 N–H and O–H groups in total. The molecule has 9 heteroatoms. The van der Waals surface area contributed by atoms with E-state index >= 15 is 0 Å². The van der Waals surface area contributed by atoms with Crippen molar-refractivity contribution in [2.24, 2.45) is 0 Å². The first-order valence-electron chi connectivity index (χ1n) is 5.66. The van der Waals surface area contributed by atoms with Crippen molar-refractivity contribution >= 4 is 39.5 Å². The third kappa shape index (κ3) is 4.05. The summed E-state index contributed by atoms with van der Waals surface area (Å²) >= 11 is 5.83. The minimum atomic E-state index is -4.47. The first-order valence-corrected chi connectivity index (χ1v) is 6.95. The van der Waals surface area contributed by atoms with E-state index in [9.17, 15) is 18.3 Å². The number of benzene rings is 1. The van der Waals surface area contributed by atoms with Crippen LogP contribution in [-0.4, -0.2) is 15.2 Å². The Bertz CT molecular complexity index is 670. The standard InChI is InChI=1S/C12H10F3N3OS2/c1-6-4-7(19)2-3-8(6)16-10(20)18-11-17-9(5-21-11)12(13,14)15/h2-5,19H,1H3,(H2,16,17,18,20). The first-order chi connectivity index (χ1) is 9.75. The topological polar surface area (TPSA) is 57.2 Å². The van der Waals surface area contributed by atoms with E-state index in [0.29, 0.717) is 5.69 Å². The van der Waals surface area contributed by atoms with Crippen LogP contribution in [0, 0.1) is 6.92 Å². The molecule has 0 unspecified atom stereocenters. The monoisotopic (exact) mass is 333 g/mol. The average Bonchev–Trinajstić information content (AvgIpc) is 2.81. The van der Waals surface area contributed by atoms with Crippen molar-refractivity contribution in [1.82, 2.24) is 4.98 Å². The number of rotatable bonds is 2. The van der Waals surface area contributed by atoms with Gasteiger partial charge >= 0.3 is 6.18 Å². The predicted octanol–water partition coefficient (Wildman–Crippen LogP) is 3.98. The number of nitrogens with one attached hydrogen (secondary N) is 2. The molecule has 0 radical (unpaired) electrons. The molecule has 2 aromatic rings. The minimum absolute atomic E-state index is 0.0521. The molecular formula is C12H10F3N3OS2. The molecule has 0 saturated carbocycles. The lowest BCUT2D eigenvalue weighted by Gasteiger charge is -2.11. The van der Waals surface area contributed by atoms with Gasteiger partial charge in [-0.05, 0) is 42.9 Å². The van der Waals surface area contributed by atoms with E-state index in [2.05, 4.69) is 15.6 Å². The normalized spacial score (nSPS) is 11.2. The molecule has 0 aliphatic rings. The van der Waals surface area contributed by atoms with E-state index in [-0.39, 0.29) is 16.0 Å². The molecule has 0 fully saturated rings. The molecule has 21 heavy (non-hydrogen) atoms. The zero-order valence-corrected chi connectivity index (χ0v) is 12.3. The highest BCUT2D eigenvalue weighted by molar-refractivity contribution is 7.80. The molecule has 0 bridgehead atoms. The zero-order valence-electron chi connectivity index (χ0n) is 10.7. The van der Waals surface area contributed by atoms with E-state index in [1.807, 2.05) is 0 Å². The SMILES string of the molecule is Cc1cc(O)ccc1NC(=S)Nc1nc(C(F)(F)F)cs1. The number of phenols is 1. The summed E-state index contributed by atoms with van der Waals surface area (Å²) in [4.78, 5) is 3.41. The Morgan fingerprint density at radius 1 is 1.33 bits per heavy atom. The fourth-order valence-corrected chi connectivity index (χ4v) is 2.49. The van der Waals surface area contributed by atoms with Crippen LogP contribution in [-0.2, 0) is 6.18 Å². The Morgan fingerprint density at radius 3 is 2.62 bits per heavy atom. The van der Waals surface area contributed by atoms with Crippen LogP contribution in [0.15, 0.2) is 23.6 Å². The highest BCUT2D eigenvalue weighted by Gasteiger charge is 2.33. The molecule has 0 spiro atoms. The molecule has 0 aliphatic heterocycles. The molecule has 4 nitrogen and oxygen atoms in total. The second-order valence-electron chi connectivity index (χ2n) is 4.11. The number of alkyl halides is 3. The van der Waals surface area contributed by atoms with E-state index in [0.717, 1.165) is 22.3 Å². The summed E-state index contributed by atoms with van der Waals surface area (Å²) in [5, 5.41) is 15.8. The van der Waals surface area contributed by atoms with Gasteiger partial charge in [-0.1, -0.05) is 0 Å². The van der Waals surface area contributed by atoms with Crippen LogP contribution >= 0.6 is 23.6 Å². The third-order valence-corrected chi connectivity index (χ3v) is 3.44.